The first-order valence-electron chi connectivity index (χ1n) is 4.60. The van der Waals surface area contributed by atoms with Crippen LogP contribution < -0.4 is 0 Å². The molecule has 0 spiro atoms. The van der Waals surface area contributed by atoms with Gasteiger partial charge in [-0.2, -0.15) is 0 Å². The third kappa shape index (κ3) is 0.934. The third-order valence-corrected chi connectivity index (χ3v) is 2.67. The molecule has 1 aliphatic rings. The molecule has 13 heavy (non-hydrogen) atoms. The summed E-state index contributed by atoms with van der Waals surface area (Å²) in [4.78, 5) is 0. The molecule has 0 saturated carbocycles. The van der Waals surface area contributed by atoms with Crippen LogP contribution in [0.3, 0.4) is 0 Å². The third-order valence-electron chi connectivity index (χ3n) is 2.67. The fourth-order valence-corrected chi connectivity index (χ4v) is 2.00. The van der Waals surface area contributed by atoms with Crippen LogP contribution in [-0.4, -0.2) is 0 Å². The summed E-state index contributed by atoms with van der Waals surface area (Å²) in [5, 5.41) is 0. The number of aryl methyl sites for hydroxylation is 2. The minimum atomic E-state index is 1.07. The Morgan fingerprint density at radius 2 is 1.77 bits per heavy atom. The maximum Gasteiger partial charge on any atom is 0.137 e. The van der Waals surface area contributed by atoms with Crippen LogP contribution in [-0.2, 0) is 12.8 Å². The van der Waals surface area contributed by atoms with Crippen molar-refractivity contribution >= 4 is 0 Å². The first-order chi connectivity index (χ1) is 6.45. The SMILES string of the molecule is c1ccc2c(c1)CCc1ccoc1-2. The van der Waals surface area contributed by atoms with Crippen molar-refractivity contribution in [1.29, 1.82) is 0 Å². The molecular formula is C12H10O. The summed E-state index contributed by atoms with van der Waals surface area (Å²) < 4.78 is 5.48. The van der Waals surface area contributed by atoms with E-state index in [4.69, 9.17) is 4.42 Å². The van der Waals surface area contributed by atoms with Crippen molar-refractivity contribution in [2.45, 2.75) is 12.8 Å². The molecule has 1 aliphatic carbocycles. The van der Waals surface area contributed by atoms with Crippen molar-refractivity contribution in [1.82, 2.24) is 0 Å². The maximum atomic E-state index is 5.48. The molecule has 2 aromatic rings. The van der Waals surface area contributed by atoms with Gasteiger partial charge in [-0.1, -0.05) is 24.3 Å². The Morgan fingerprint density at radius 3 is 2.77 bits per heavy atom. The summed E-state index contributed by atoms with van der Waals surface area (Å²) in [6, 6.07) is 10.5. The quantitative estimate of drug-likeness (QED) is 0.592. The van der Waals surface area contributed by atoms with Crippen molar-refractivity contribution in [2.24, 2.45) is 0 Å². The van der Waals surface area contributed by atoms with Gasteiger partial charge >= 0.3 is 0 Å². The van der Waals surface area contributed by atoms with Crippen LogP contribution in [0.1, 0.15) is 11.1 Å². The molecule has 1 heteroatoms. The average molecular weight is 170 g/mol. The van der Waals surface area contributed by atoms with Crippen molar-refractivity contribution in [2.75, 3.05) is 0 Å². The van der Waals surface area contributed by atoms with Gasteiger partial charge in [-0.3, -0.25) is 0 Å². The van der Waals surface area contributed by atoms with Crippen LogP contribution in [0, 0.1) is 0 Å². The lowest BCUT2D eigenvalue weighted by Crippen LogP contribution is -2.00. The predicted octanol–water partition coefficient (Wildman–Crippen LogP) is 3.05. The van der Waals surface area contributed by atoms with Crippen LogP contribution in [0.15, 0.2) is 41.0 Å². The molecular weight excluding hydrogens is 160 g/mol. The second-order valence-corrected chi connectivity index (χ2v) is 3.43. The molecule has 0 bridgehead atoms. The van der Waals surface area contributed by atoms with Gasteiger partial charge in [-0.15, -0.1) is 0 Å². The molecule has 0 N–H and O–H groups in total. The number of furan rings is 1. The van der Waals surface area contributed by atoms with E-state index in [1.807, 2.05) is 0 Å². The van der Waals surface area contributed by atoms with Crippen LogP contribution in [0.2, 0.25) is 0 Å². The molecule has 0 unspecified atom stereocenters. The van der Waals surface area contributed by atoms with E-state index in [9.17, 15) is 0 Å². The lowest BCUT2D eigenvalue weighted by atomic mass is 9.91. The van der Waals surface area contributed by atoms with E-state index < -0.39 is 0 Å². The summed E-state index contributed by atoms with van der Waals surface area (Å²) in [6.07, 6.45) is 4.04. The van der Waals surface area contributed by atoms with Gasteiger partial charge in [0.05, 0.1) is 6.26 Å². The number of benzene rings is 1. The highest BCUT2D eigenvalue weighted by molar-refractivity contribution is 5.67. The van der Waals surface area contributed by atoms with E-state index in [0.717, 1.165) is 18.6 Å². The molecule has 0 amide bonds. The maximum absolute atomic E-state index is 5.48. The lowest BCUT2D eigenvalue weighted by molar-refractivity contribution is 0.576. The Bertz CT molecular complexity index is 440. The van der Waals surface area contributed by atoms with Gasteiger partial charge in [0, 0.05) is 5.56 Å². The topological polar surface area (TPSA) is 13.1 Å². The molecule has 0 fully saturated rings. The fraction of sp³-hybridized carbons (Fsp3) is 0.167. The van der Waals surface area contributed by atoms with Crippen molar-refractivity contribution in [3.63, 3.8) is 0 Å². The monoisotopic (exact) mass is 170 g/mol. The van der Waals surface area contributed by atoms with Gasteiger partial charge in [0.2, 0.25) is 0 Å². The second-order valence-electron chi connectivity index (χ2n) is 3.43. The highest BCUT2D eigenvalue weighted by Gasteiger charge is 2.17. The van der Waals surface area contributed by atoms with Crippen LogP contribution in [0.25, 0.3) is 11.3 Å². The molecule has 3 rings (SSSR count). The zero-order valence-corrected chi connectivity index (χ0v) is 7.29. The normalized spacial score (nSPS) is 13.5. The fourth-order valence-electron chi connectivity index (χ4n) is 2.00. The van der Waals surface area contributed by atoms with Crippen molar-refractivity contribution in [3.8, 4) is 11.3 Å². The van der Waals surface area contributed by atoms with Gasteiger partial charge in [0.15, 0.2) is 0 Å². The number of hydrogen-bond acceptors (Lipinski definition) is 1. The lowest BCUT2D eigenvalue weighted by Gasteiger charge is -2.13. The Kier molecular flexibility index (Phi) is 1.33. The highest BCUT2D eigenvalue weighted by Crippen LogP contribution is 2.33. The van der Waals surface area contributed by atoms with E-state index in [-0.39, 0.29) is 0 Å². The van der Waals surface area contributed by atoms with E-state index >= 15 is 0 Å². The minimum Gasteiger partial charge on any atom is -0.464 e. The van der Waals surface area contributed by atoms with Gasteiger partial charge in [0.25, 0.3) is 0 Å². The highest BCUT2D eigenvalue weighted by atomic mass is 16.3. The zero-order valence-electron chi connectivity index (χ0n) is 7.29. The first kappa shape index (κ1) is 6.96. The standard InChI is InChI=1S/C12H10O/c1-2-4-11-9(3-1)5-6-10-7-8-13-12(10)11/h1-4,7-8H,5-6H2. The average Bonchev–Trinajstić information content (AvgIpc) is 2.65. The van der Waals surface area contributed by atoms with Crippen LogP contribution in [0.4, 0.5) is 0 Å². The Labute approximate surface area is 77.0 Å². The van der Waals surface area contributed by atoms with Crippen molar-refractivity contribution < 1.29 is 4.42 Å². The molecule has 0 radical (unpaired) electrons. The zero-order chi connectivity index (χ0) is 8.67. The summed E-state index contributed by atoms with van der Waals surface area (Å²) in [5.41, 5.74) is 4.03. The minimum absolute atomic E-state index is 1.07. The molecule has 1 heterocycles. The molecule has 1 nitrogen and oxygen atoms in total. The summed E-state index contributed by atoms with van der Waals surface area (Å²) in [5.74, 6) is 1.07. The van der Waals surface area contributed by atoms with Crippen LogP contribution >= 0.6 is 0 Å². The first-order valence-corrected chi connectivity index (χ1v) is 4.60. The van der Waals surface area contributed by atoms with Gasteiger partial charge in [-0.25, -0.2) is 0 Å². The van der Waals surface area contributed by atoms with E-state index in [0.29, 0.717) is 0 Å². The Balaban J connectivity index is 2.30. The molecule has 0 atom stereocenters. The number of hydrogen-bond donors (Lipinski definition) is 0. The van der Waals surface area contributed by atoms with Crippen molar-refractivity contribution in [3.05, 3.63) is 47.7 Å². The largest absolute Gasteiger partial charge is 0.464 e. The molecule has 0 aliphatic heterocycles. The summed E-state index contributed by atoms with van der Waals surface area (Å²) in [6.45, 7) is 0. The molecule has 1 aromatic heterocycles. The second kappa shape index (κ2) is 2.49. The van der Waals surface area contributed by atoms with Gasteiger partial charge in [0.1, 0.15) is 5.76 Å². The molecule has 1 aromatic carbocycles. The predicted molar refractivity (Wildman–Crippen MR) is 51.6 cm³/mol. The molecule has 0 saturated heterocycles. The summed E-state index contributed by atoms with van der Waals surface area (Å²) in [7, 11) is 0. The van der Waals surface area contributed by atoms with E-state index in [1.54, 1.807) is 6.26 Å². The Hall–Kier alpha value is -1.50. The molecule has 64 valence electrons. The number of rotatable bonds is 0. The van der Waals surface area contributed by atoms with Crippen LogP contribution in [0.5, 0.6) is 0 Å². The van der Waals surface area contributed by atoms with E-state index in [2.05, 4.69) is 30.3 Å². The Morgan fingerprint density at radius 1 is 0.923 bits per heavy atom. The van der Waals surface area contributed by atoms with E-state index in [1.165, 1.54) is 16.7 Å². The van der Waals surface area contributed by atoms with Gasteiger partial charge in [-0.05, 0) is 30.0 Å². The van der Waals surface area contributed by atoms with Gasteiger partial charge < -0.3 is 4.42 Å². The summed E-state index contributed by atoms with van der Waals surface area (Å²) >= 11 is 0. The number of fused-ring (bicyclic) bond motifs is 3. The smallest absolute Gasteiger partial charge is 0.137 e.